The van der Waals surface area contributed by atoms with Crippen LogP contribution in [0.15, 0.2) is 85.3 Å². The average molecular weight is 447 g/mol. The summed E-state index contributed by atoms with van der Waals surface area (Å²) in [6, 6.07) is 24.5. The van der Waals surface area contributed by atoms with Gasteiger partial charge in [0.15, 0.2) is 5.65 Å². The van der Waals surface area contributed by atoms with Gasteiger partial charge in [-0.3, -0.25) is 14.4 Å². The zero-order valence-corrected chi connectivity index (χ0v) is 18.8. The summed E-state index contributed by atoms with van der Waals surface area (Å²) in [6.07, 6.45) is 7.61. The smallest absolute Gasteiger partial charge is 0.165 e. The van der Waals surface area contributed by atoms with E-state index in [2.05, 4.69) is 70.0 Å². The summed E-state index contributed by atoms with van der Waals surface area (Å²) in [5, 5.41) is 2.26. The van der Waals surface area contributed by atoms with Gasteiger partial charge in [-0.15, -0.1) is 0 Å². The van der Waals surface area contributed by atoms with Crippen molar-refractivity contribution in [1.82, 2.24) is 19.4 Å². The molecule has 4 nitrogen and oxygen atoms in total. The Balaban J connectivity index is 1.35. The molecule has 9 rings (SSSR count). The molecule has 0 aliphatic heterocycles. The van der Waals surface area contributed by atoms with Crippen LogP contribution in [0.2, 0.25) is 0 Å². The van der Waals surface area contributed by atoms with Crippen molar-refractivity contribution in [2.75, 3.05) is 0 Å². The first kappa shape index (κ1) is 17.8. The van der Waals surface area contributed by atoms with Crippen molar-refractivity contribution in [2.45, 2.75) is 12.8 Å². The molecule has 0 bridgehead atoms. The lowest BCUT2D eigenvalue weighted by Gasteiger charge is -2.08. The van der Waals surface area contributed by atoms with Gasteiger partial charge in [0, 0.05) is 23.2 Å². The number of nitrogens with zero attached hydrogens (tertiary/aromatic N) is 4. The van der Waals surface area contributed by atoms with Gasteiger partial charge in [0.1, 0.15) is 5.52 Å². The summed E-state index contributed by atoms with van der Waals surface area (Å²) in [6.45, 7) is 0. The molecular weight excluding hydrogens is 428 g/mol. The fourth-order valence-corrected chi connectivity index (χ4v) is 6.39. The lowest BCUT2D eigenvalue weighted by atomic mass is 9.98. The van der Waals surface area contributed by atoms with Crippen LogP contribution in [0.5, 0.6) is 0 Å². The minimum atomic E-state index is 0.893. The number of imidazole rings is 1. The third kappa shape index (κ3) is 2.20. The topological polar surface area (TPSA) is 43.1 Å². The highest BCUT2D eigenvalue weighted by molar-refractivity contribution is 6.12. The molecule has 4 heteroatoms. The molecule has 7 aromatic rings. The summed E-state index contributed by atoms with van der Waals surface area (Å²) in [5.74, 6) is 0. The van der Waals surface area contributed by atoms with E-state index in [1.165, 1.54) is 44.5 Å². The number of fused-ring (bicyclic) bond motifs is 14. The van der Waals surface area contributed by atoms with E-state index >= 15 is 0 Å². The first-order chi connectivity index (χ1) is 17.3. The maximum Gasteiger partial charge on any atom is 0.165 e. The van der Waals surface area contributed by atoms with Gasteiger partial charge in [-0.05, 0) is 93.7 Å². The van der Waals surface area contributed by atoms with Crippen LogP contribution in [0.4, 0.5) is 0 Å². The van der Waals surface area contributed by atoms with Gasteiger partial charge < -0.3 is 0 Å². The molecule has 2 aliphatic carbocycles. The second-order valence-corrected chi connectivity index (χ2v) is 9.74. The van der Waals surface area contributed by atoms with Crippen molar-refractivity contribution in [3.63, 3.8) is 0 Å². The van der Waals surface area contributed by atoms with E-state index in [-0.39, 0.29) is 0 Å². The summed E-state index contributed by atoms with van der Waals surface area (Å²) >= 11 is 0. The molecular formula is C31H18N4. The quantitative estimate of drug-likeness (QED) is 0.243. The van der Waals surface area contributed by atoms with Crippen molar-refractivity contribution >= 4 is 38.5 Å². The molecule has 4 heterocycles. The molecule has 0 fully saturated rings. The summed E-state index contributed by atoms with van der Waals surface area (Å²) in [4.78, 5) is 14.3. The third-order valence-corrected chi connectivity index (χ3v) is 7.92. The first-order valence-corrected chi connectivity index (χ1v) is 12.0. The number of hydrogen-bond donors (Lipinski definition) is 0. The van der Waals surface area contributed by atoms with Crippen LogP contribution in [0.3, 0.4) is 0 Å². The van der Waals surface area contributed by atoms with E-state index in [0.717, 1.165) is 51.3 Å². The Morgan fingerprint density at radius 1 is 0.629 bits per heavy atom. The lowest BCUT2D eigenvalue weighted by Crippen LogP contribution is -1.93. The third-order valence-electron chi connectivity index (χ3n) is 7.92. The predicted molar refractivity (Wildman–Crippen MR) is 140 cm³/mol. The zero-order chi connectivity index (χ0) is 22.7. The van der Waals surface area contributed by atoms with Gasteiger partial charge in [-0.25, -0.2) is 4.98 Å². The van der Waals surface area contributed by atoms with Crippen LogP contribution >= 0.6 is 0 Å². The predicted octanol–water partition coefficient (Wildman–Crippen LogP) is 6.73. The SMILES string of the molecule is c1ccc2c(c1)Cc1cc3c(cc1-2)Cc1cc2nc4c5ncccc5c5ccncc5n4c2cc1-3. The van der Waals surface area contributed by atoms with Gasteiger partial charge in [0.25, 0.3) is 0 Å². The maximum atomic E-state index is 5.10. The van der Waals surface area contributed by atoms with Crippen molar-refractivity contribution < 1.29 is 0 Å². The zero-order valence-electron chi connectivity index (χ0n) is 18.8. The highest BCUT2D eigenvalue weighted by Gasteiger charge is 2.26. The van der Waals surface area contributed by atoms with Gasteiger partial charge in [0.05, 0.1) is 22.7 Å². The summed E-state index contributed by atoms with van der Waals surface area (Å²) < 4.78 is 2.24. The number of hydrogen-bond acceptors (Lipinski definition) is 3. The minimum Gasteiger partial charge on any atom is -0.289 e. The standard InChI is InChI=1S/C31H18N4/c1-2-5-21-17(4-1)10-18-13-25-19(12-24(18)21)11-20-14-27-28(15-26(20)25)35-29-16-32-9-7-22(29)23-6-3-8-33-30(23)31(35)34-27/h1-9,12-16H,10-11H2. The van der Waals surface area contributed by atoms with Gasteiger partial charge in [-0.1, -0.05) is 30.3 Å². The molecule has 0 saturated carbocycles. The molecule has 35 heavy (non-hydrogen) atoms. The van der Waals surface area contributed by atoms with Crippen LogP contribution in [-0.4, -0.2) is 19.4 Å². The molecule has 0 radical (unpaired) electrons. The second kappa shape index (κ2) is 6.10. The van der Waals surface area contributed by atoms with E-state index in [1.807, 2.05) is 24.7 Å². The Morgan fingerprint density at radius 3 is 2.37 bits per heavy atom. The number of benzene rings is 3. The van der Waals surface area contributed by atoms with Gasteiger partial charge in [-0.2, -0.15) is 0 Å². The Labute approximate surface area is 200 Å². The van der Waals surface area contributed by atoms with Crippen LogP contribution < -0.4 is 0 Å². The fourth-order valence-electron chi connectivity index (χ4n) is 6.39. The Morgan fingerprint density at radius 2 is 1.43 bits per heavy atom. The van der Waals surface area contributed by atoms with Crippen LogP contribution in [0.25, 0.3) is 60.7 Å². The molecule has 0 spiro atoms. The molecule has 0 N–H and O–H groups in total. The van der Waals surface area contributed by atoms with Crippen molar-refractivity contribution in [2.24, 2.45) is 0 Å². The Kier molecular flexibility index (Phi) is 3.11. The van der Waals surface area contributed by atoms with E-state index in [0.29, 0.717) is 0 Å². The van der Waals surface area contributed by atoms with E-state index in [9.17, 15) is 0 Å². The van der Waals surface area contributed by atoms with E-state index in [4.69, 9.17) is 9.97 Å². The average Bonchev–Trinajstić information content (AvgIpc) is 3.56. The fraction of sp³-hybridized carbons (Fsp3) is 0.0645. The lowest BCUT2D eigenvalue weighted by molar-refractivity contribution is 1.24. The van der Waals surface area contributed by atoms with Gasteiger partial charge in [0.2, 0.25) is 0 Å². The molecule has 162 valence electrons. The summed E-state index contributed by atoms with van der Waals surface area (Å²) in [7, 11) is 0. The molecule has 0 unspecified atom stereocenters. The second-order valence-electron chi connectivity index (χ2n) is 9.74. The minimum absolute atomic E-state index is 0.893. The van der Waals surface area contributed by atoms with Crippen LogP contribution in [0, 0.1) is 0 Å². The number of aromatic nitrogens is 4. The molecule has 0 saturated heterocycles. The number of rotatable bonds is 0. The van der Waals surface area contributed by atoms with Crippen LogP contribution in [-0.2, 0) is 12.8 Å². The molecule has 4 aromatic heterocycles. The first-order valence-electron chi connectivity index (χ1n) is 12.0. The molecule has 2 aliphatic rings. The van der Waals surface area contributed by atoms with Crippen LogP contribution in [0.1, 0.15) is 22.3 Å². The molecule has 0 atom stereocenters. The van der Waals surface area contributed by atoms with Gasteiger partial charge >= 0.3 is 0 Å². The highest BCUT2D eigenvalue weighted by Crippen LogP contribution is 2.46. The maximum absolute atomic E-state index is 5.10. The number of pyridine rings is 3. The summed E-state index contributed by atoms with van der Waals surface area (Å²) in [5.41, 5.74) is 16.1. The van der Waals surface area contributed by atoms with E-state index < -0.39 is 0 Å². The van der Waals surface area contributed by atoms with Crippen molar-refractivity contribution in [3.8, 4) is 22.3 Å². The largest absolute Gasteiger partial charge is 0.289 e. The normalized spacial score (nSPS) is 13.5. The monoisotopic (exact) mass is 446 g/mol. The molecule has 3 aromatic carbocycles. The van der Waals surface area contributed by atoms with Crippen molar-refractivity contribution in [3.05, 3.63) is 108 Å². The molecule has 0 amide bonds. The van der Waals surface area contributed by atoms with E-state index in [1.54, 1.807) is 0 Å². The Hall–Kier alpha value is -4.57. The van der Waals surface area contributed by atoms with Crippen molar-refractivity contribution in [1.29, 1.82) is 0 Å². The Bertz CT molecular complexity index is 2070. The highest BCUT2D eigenvalue weighted by atomic mass is 15.0.